The molecule has 0 aliphatic rings. The maximum absolute atomic E-state index is 14.5. The molecule has 0 saturated carbocycles. The molecule has 0 heterocycles. The summed E-state index contributed by atoms with van der Waals surface area (Å²) < 4.78 is 43.0. The van der Waals surface area contributed by atoms with E-state index in [-0.39, 0.29) is 39.5 Å². The second kappa shape index (κ2) is 15.6. The zero-order valence-corrected chi connectivity index (χ0v) is 28.1. The highest BCUT2D eigenvalue weighted by atomic mass is 35.5. The van der Waals surface area contributed by atoms with E-state index in [9.17, 15) is 22.4 Å². The van der Waals surface area contributed by atoms with E-state index in [1.807, 2.05) is 51.1 Å². The van der Waals surface area contributed by atoms with Crippen molar-refractivity contribution in [2.75, 3.05) is 17.4 Å². The topological polar surface area (TPSA) is 86.8 Å². The molecular weight excluding hydrogens is 648 g/mol. The molecule has 4 rings (SSSR count). The number of carbonyl (C=O) groups is 2. The van der Waals surface area contributed by atoms with Gasteiger partial charge in [-0.05, 0) is 66.4 Å². The van der Waals surface area contributed by atoms with Crippen molar-refractivity contribution in [3.8, 4) is 0 Å². The van der Waals surface area contributed by atoms with Crippen molar-refractivity contribution in [3.63, 3.8) is 0 Å². The van der Waals surface area contributed by atoms with Crippen LogP contribution in [0.3, 0.4) is 0 Å². The van der Waals surface area contributed by atoms with Crippen LogP contribution in [0.25, 0.3) is 0 Å². The number of nitrogens with zero attached hydrogens (tertiary/aromatic N) is 2. The Hall–Kier alpha value is -3.92. The predicted octanol–water partition coefficient (Wildman–Crippen LogP) is 7.05. The number of halogens is 3. The van der Waals surface area contributed by atoms with Crippen LogP contribution < -0.4 is 9.62 Å². The third-order valence-corrected chi connectivity index (χ3v) is 9.83. The van der Waals surface area contributed by atoms with E-state index in [2.05, 4.69) is 5.32 Å². The van der Waals surface area contributed by atoms with Gasteiger partial charge < -0.3 is 10.2 Å². The van der Waals surface area contributed by atoms with Gasteiger partial charge in [-0.3, -0.25) is 13.9 Å². The Balaban J connectivity index is 1.81. The number of amides is 2. The molecule has 2 amide bonds. The lowest BCUT2D eigenvalue weighted by molar-refractivity contribution is -0.140. The molecule has 1 atom stereocenters. The third-order valence-electron chi connectivity index (χ3n) is 7.30. The van der Waals surface area contributed by atoms with Crippen LogP contribution in [0, 0.1) is 18.7 Å². The van der Waals surface area contributed by atoms with Gasteiger partial charge in [0.15, 0.2) is 0 Å². The van der Waals surface area contributed by atoms with Gasteiger partial charge in [0.1, 0.15) is 18.4 Å². The van der Waals surface area contributed by atoms with Crippen LogP contribution in [0.5, 0.6) is 0 Å². The molecule has 4 aromatic carbocycles. The lowest BCUT2D eigenvalue weighted by Crippen LogP contribution is -2.53. The number of rotatable bonds is 13. The smallest absolute Gasteiger partial charge is 0.264 e. The Kier molecular flexibility index (Phi) is 11.8. The summed E-state index contributed by atoms with van der Waals surface area (Å²) in [7, 11) is -4.30. The van der Waals surface area contributed by atoms with Crippen molar-refractivity contribution in [3.05, 3.63) is 130 Å². The molecule has 0 aliphatic carbocycles. The molecular formula is C35H36Cl2FN3O4S. The van der Waals surface area contributed by atoms with Crippen LogP contribution in [-0.4, -0.2) is 44.3 Å². The summed E-state index contributed by atoms with van der Waals surface area (Å²) in [5.74, 6) is -1.35. The lowest BCUT2D eigenvalue weighted by atomic mass is 10.0. The van der Waals surface area contributed by atoms with E-state index < -0.39 is 40.2 Å². The molecule has 0 aliphatic heterocycles. The third kappa shape index (κ3) is 9.09. The normalized spacial score (nSPS) is 12.1. The number of nitrogens with one attached hydrogen (secondary N) is 1. The van der Waals surface area contributed by atoms with Crippen LogP contribution in [0.1, 0.15) is 30.5 Å². The summed E-state index contributed by atoms with van der Waals surface area (Å²) in [4.78, 5) is 29.6. The van der Waals surface area contributed by atoms with Gasteiger partial charge in [-0.25, -0.2) is 12.8 Å². The molecule has 0 bridgehead atoms. The first-order chi connectivity index (χ1) is 21.8. The fourth-order valence-corrected chi connectivity index (χ4v) is 6.47. The first kappa shape index (κ1) is 34.9. The van der Waals surface area contributed by atoms with Crippen molar-refractivity contribution in [1.82, 2.24) is 10.2 Å². The minimum atomic E-state index is -4.30. The second-order valence-electron chi connectivity index (χ2n) is 11.4. The van der Waals surface area contributed by atoms with E-state index in [4.69, 9.17) is 23.2 Å². The molecule has 46 heavy (non-hydrogen) atoms. The van der Waals surface area contributed by atoms with Crippen molar-refractivity contribution < 1.29 is 22.4 Å². The van der Waals surface area contributed by atoms with Gasteiger partial charge in [0, 0.05) is 19.5 Å². The molecule has 0 spiro atoms. The zero-order chi connectivity index (χ0) is 33.4. The molecule has 0 fully saturated rings. The quantitative estimate of drug-likeness (QED) is 0.164. The minimum absolute atomic E-state index is 0.0300. The monoisotopic (exact) mass is 683 g/mol. The fraction of sp³-hybridized carbons (Fsp3) is 0.257. The molecule has 11 heteroatoms. The highest BCUT2D eigenvalue weighted by Crippen LogP contribution is 2.31. The van der Waals surface area contributed by atoms with Gasteiger partial charge in [0.2, 0.25) is 11.8 Å². The van der Waals surface area contributed by atoms with Crippen LogP contribution in [0.15, 0.2) is 102 Å². The van der Waals surface area contributed by atoms with Gasteiger partial charge in [-0.1, -0.05) is 97.2 Å². The zero-order valence-electron chi connectivity index (χ0n) is 25.8. The Bertz CT molecular complexity index is 1750. The van der Waals surface area contributed by atoms with E-state index in [1.54, 1.807) is 12.1 Å². The average Bonchev–Trinajstić information content (AvgIpc) is 3.03. The number of sulfonamides is 1. The van der Waals surface area contributed by atoms with Gasteiger partial charge in [-0.15, -0.1) is 0 Å². The van der Waals surface area contributed by atoms with Crippen molar-refractivity contribution in [1.29, 1.82) is 0 Å². The molecule has 242 valence electrons. The largest absolute Gasteiger partial charge is 0.354 e. The minimum Gasteiger partial charge on any atom is -0.354 e. The summed E-state index contributed by atoms with van der Waals surface area (Å²) in [5, 5.41) is 3.26. The Morgan fingerprint density at radius 2 is 1.50 bits per heavy atom. The number of carbonyl (C=O) groups excluding carboxylic acids is 2. The summed E-state index contributed by atoms with van der Waals surface area (Å²) in [6, 6.07) is 24.4. The van der Waals surface area contributed by atoms with Gasteiger partial charge >= 0.3 is 0 Å². The second-order valence-corrected chi connectivity index (χ2v) is 14.1. The molecule has 4 aromatic rings. The van der Waals surface area contributed by atoms with Crippen LogP contribution >= 0.6 is 23.2 Å². The molecule has 0 radical (unpaired) electrons. The lowest BCUT2D eigenvalue weighted by Gasteiger charge is -2.34. The van der Waals surface area contributed by atoms with Crippen molar-refractivity contribution in [2.24, 2.45) is 5.92 Å². The summed E-state index contributed by atoms with van der Waals surface area (Å²) in [5.41, 5.74) is 2.34. The number of anilines is 1. The Labute approximate surface area is 280 Å². The summed E-state index contributed by atoms with van der Waals surface area (Å²) in [6.07, 6.45) is 0.162. The highest BCUT2D eigenvalue weighted by Gasteiger charge is 2.35. The standard InChI is InChI=1S/C35H36Cl2FN3O4S/c1-24(2)21-39-35(43)33(19-26-7-5-4-6-8-26)40(22-27-11-13-28(38)14-12-27)34(42)23-41(29-15-18-31(36)32(37)20-29)46(44,45)30-16-9-25(3)10-17-30/h4-18,20,24,33H,19,21-23H2,1-3H3,(H,39,43)/t33-/m1/s1. The Morgan fingerprint density at radius 1 is 0.848 bits per heavy atom. The van der Waals surface area contributed by atoms with Crippen LogP contribution in [0.4, 0.5) is 10.1 Å². The number of hydrogen-bond acceptors (Lipinski definition) is 4. The SMILES string of the molecule is Cc1ccc(S(=O)(=O)N(CC(=O)N(Cc2ccc(F)cc2)[C@H](Cc2ccccc2)C(=O)NCC(C)C)c2ccc(Cl)c(Cl)c2)cc1. The molecule has 0 aromatic heterocycles. The molecule has 0 saturated heterocycles. The fourth-order valence-electron chi connectivity index (χ4n) is 4.77. The van der Waals surface area contributed by atoms with E-state index in [0.717, 1.165) is 15.4 Å². The maximum atomic E-state index is 14.5. The van der Waals surface area contributed by atoms with Crippen LogP contribution in [-0.2, 0) is 32.6 Å². The van der Waals surface area contributed by atoms with E-state index in [0.29, 0.717) is 12.1 Å². The maximum Gasteiger partial charge on any atom is 0.264 e. The molecule has 7 nitrogen and oxygen atoms in total. The summed E-state index contributed by atoms with van der Waals surface area (Å²) in [6.45, 7) is 5.39. The Morgan fingerprint density at radius 3 is 2.11 bits per heavy atom. The van der Waals surface area contributed by atoms with Crippen molar-refractivity contribution >= 4 is 50.7 Å². The number of hydrogen-bond donors (Lipinski definition) is 1. The van der Waals surface area contributed by atoms with E-state index in [1.165, 1.54) is 59.5 Å². The van der Waals surface area contributed by atoms with E-state index >= 15 is 0 Å². The van der Waals surface area contributed by atoms with Crippen molar-refractivity contribution in [2.45, 2.75) is 44.7 Å². The van der Waals surface area contributed by atoms with Gasteiger partial charge in [0.05, 0.1) is 20.6 Å². The first-order valence-corrected chi connectivity index (χ1v) is 16.9. The van der Waals surface area contributed by atoms with Gasteiger partial charge in [0.25, 0.3) is 10.0 Å². The molecule has 0 unspecified atom stereocenters. The molecule has 1 N–H and O–H groups in total. The summed E-state index contributed by atoms with van der Waals surface area (Å²) >= 11 is 12.5. The van der Waals surface area contributed by atoms with Gasteiger partial charge in [-0.2, -0.15) is 0 Å². The predicted molar refractivity (Wildman–Crippen MR) is 181 cm³/mol. The first-order valence-electron chi connectivity index (χ1n) is 14.7. The number of benzene rings is 4. The highest BCUT2D eigenvalue weighted by molar-refractivity contribution is 7.92. The number of aryl methyl sites for hydroxylation is 1. The van der Waals surface area contributed by atoms with Crippen LogP contribution in [0.2, 0.25) is 10.0 Å². The average molecular weight is 685 g/mol.